The SMILES string of the molecule is CC(C)C(CN(CC(=O)O)CC(=O)O)N(CC(=O)O)CC(=O)O. The normalized spacial score (nSPS) is 12.6. The molecule has 0 aliphatic carbocycles. The number of hydrogen-bond acceptors (Lipinski definition) is 6. The van der Waals surface area contributed by atoms with Gasteiger partial charge in [0.15, 0.2) is 0 Å². The second kappa shape index (κ2) is 9.74. The average Bonchev–Trinajstić information content (AvgIpc) is 2.31. The third kappa shape index (κ3) is 9.42. The summed E-state index contributed by atoms with van der Waals surface area (Å²) >= 11 is 0. The maximum absolute atomic E-state index is 10.9. The highest BCUT2D eigenvalue weighted by molar-refractivity contribution is 5.73. The van der Waals surface area contributed by atoms with Crippen LogP contribution < -0.4 is 0 Å². The number of carboxylic acids is 4. The monoisotopic (exact) mass is 334 g/mol. The van der Waals surface area contributed by atoms with E-state index in [2.05, 4.69) is 0 Å². The van der Waals surface area contributed by atoms with E-state index < -0.39 is 56.1 Å². The zero-order valence-corrected chi connectivity index (χ0v) is 13.0. The highest BCUT2D eigenvalue weighted by Crippen LogP contribution is 2.13. The van der Waals surface area contributed by atoms with Crippen molar-refractivity contribution in [1.29, 1.82) is 0 Å². The molecule has 10 heteroatoms. The summed E-state index contributed by atoms with van der Waals surface area (Å²) in [4.78, 5) is 45.8. The predicted molar refractivity (Wildman–Crippen MR) is 77.2 cm³/mol. The first-order valence-electron chi connectivity index (χ1n) is 6.86. The van der Waals surface area contributed by atoms with Gasteiger partial charge in [-0.2, -0.15) is 0 Å². The fourth-order valence-corrected chi connectivity index (χ4v) is 2.22. The van der Waals surface area contributed by atoms with Gasteiger partial charge in [0.05, 0.1) is 26.2 Å². The average molecular weight is 334 g/mol. The lowest BCUT2D eigenvalue weighted by atomic mass is 10.0. The van der Waals surface area contributed by atoms with Crippen molar-refractivity contribution in [2.24, 2.45) is 5.92 Å². The van der Waals surface area contributed by atoms with Crippen molar-refractivity contribution in [3.8, 4) is 0 Å². The third-order valence-corrected chi connectivity index (χ3v) is 3.08. The van der Waals surface area contributed by atoms with E-state index in [4.69, 9.17) is 20.4 Å². The molecule has 0 spiro atoms. The highest BCUT2D eigenvalue weighted by atomic mass is 16.4. The van der Waals surface area contributed by atoms with Crippen LogP contribution in [0, 0.1) is 5.92 Å². The Morgan fingerprint density at radius 3 is 1.35 bits per heavy atom. The van der Waals surface area contributed by atoms with Gasteiger partial charge in [-0.25, -0.2) is 0 Å². The number of carboxylic acid groups (broad SMARTS) is 4. The molecule has 10 nitrogen and oxygen atoms in total. The van der Waals surface area contributed by atoms with Crippen molar-refractivity contribution in [3.05, 3.63) is 0 Å². The number of hydrogen-bond donors (Lipinski definition) is 4. The first-order chi connectivity index (χ1) is 10.5. The Morgan fingerprint density at radius 2 is 1.09 bits per heavy atom. The minimum atomic E-state index is -1.23. The van der Waals surface area contributed by atoms with Gasteiger partial charge in [-0.1, -0.05) is 13.8 Å². The van der Waals surface area contributed by atoms with E-state index in [9.17, 15) is 19.2 Å². The summed E-state index contributed by atoms with van der Waals surface area (Å²) in [5, 5.41) is 35.5. The van der Waals surface area contributed by atoms with Crippen LogP contribution in [0.15, 0.2) is 0 Å². The summed E-state index contributed by atoms with van der Waals surface area (Å²) in [7, 11) is 0. The van der Waals surface area contributed by atoms with E-state index in [1.165, 1.54) is 4.90 Å². The molecule has 0 aromatic heterocycles. The van der Waals surface area contributed by atoms with E-state index in [-0.39, 0.29) is 12.5 Å². The van der Waals surface area contributed by atoms with Crippen molar-refractivity contribution < 1.29 is 39.6 Å². The van der Waals surface area contributed by atoms with Gasteiger partial charge in [-0.05, 0) is 5.92 Å². The maximum Gasteiger partial charge on any atom is 0.317 e. The molecule has 132 valence electrons. The highest BCUT2D eigenvalue weighted by Gasteiger charge is 2.29. The third-order valence-electron chi connectivity index (χ3n) is 3.08. The summed E-state index contributed by atoms with van der Waals surface area (Å²) in [5.74, 6) is -5.10. The van der Waals surface area contributed by atoms with Crippen LogP contribution in [0.2, 0.25) is 0 Å². The first-order valence-corrected chi connectivity index (χ1v) is 6.86. The minimum absolute atomic E-state index is 0.0726. The Hall–Kier alpha value is -2.20. The van der Waals surface area contributed by atoms with E-state index >= 15 is 0 Å². The van der Waals surface area contributed by atoms with Crippen LogP contribution in [0.4, 0.5) is 0 Å². The Morgan fingerprint density at radius 1 is 0.739 bits per heavy atom. The van der Waals surface area contributed by atoms with Gasteiger partial charge < -0.3 is 20.4 Å². The van der Waals surface area contributed by atoms with Gasteiger partial charge in [0.2, 0.25) is 0 Å². The molecule has 1 unspecified atom stereocenters. The molecular weight excluding hydrogens is 312 g/mol. The summed E-state index contributed by atoms with van der Waals surface area (Å²) in [5.41, 5.74) is 0. The van der Waals surface area contributed by atoms with Crippen LogP contribution in [0.5, 0.6) is 0 Å². The van der Waals surface area contributed by atoms with Gasteiger partial charge in [-0.3, -0.25) is 29.0 Å². The summed E-state index contributed by atoms with van der Waals surface area (Å²) < 4.78 is 0. The van der Waals surface area contributed by atoms with Gasteiger partial charge in [0, 0.05) is 12.6 Å². The molecule has 0 rings (SSSR count). The molecule has 1 atom stereocenters. The van der Waals surface area contributed by atoms with Crippen LogP contribution in [0.25, 0.3) is 0 Å². The van der Waals surface area contributed by atoms with Gasteiger partial charge in [0.25, 0.3) is 0 Å². The minimum Gasteiger partial charge on any atom is -0.480 e. The molecule has 0 heterocycles. The fraction of sp³-hybridized carbons (Fsp3) is 0.692. The van der Waals surface area contributed by atoms with Crippen molar-refractivity contribution in [2.75, 3.05) is 32.7 Å². The first kappa shape index (κ1) is 20.8. The van der Waals surface area contributed by atoms with E-state index in [1.54, 1.807) is 13.8 Å². The Bertz CT molecular complexity index is 419. The number of rotatable bonds is 12. The predicted octanol–water partition coefficient (Wildman–Crippen LogP) is -1.05. The quantitative estimate of drug-likeness (QED) is 0.347. The molecule has 0 saturated heterocycles. The van der Waals surface area contributed by atoms with Crippen LogP contribution in [-0.2, 0) is 19.2 Å². The van der Waals surface area contributed by atoms with Crippen LogP contribution in [0.3, 0.4) is 0 Å². The molecule has 0 saturated carbocycles. The zero-order valence-electron chi connectivity index (χ0n) is 13.0. The fourth-order valence-electron chi connectivity index (χ4n) is 2.22. The second-order valence-electron chi connectivity index (χ2n) is 5.46. The summed E-state index contributed by atoms with van der Waals surface area (Å²) in [6, 6.07) is -0.624. The number of aliphatic carboxylic acids is 4. The van der Waals surface area contributed by atoms with Crippen molar-refractivity contribution in [2.45, 2.75) is 19.9 Å². The maximum atomic E-state index is 10.9. The topological polar surface area (TPSA) is 156 Å². The molecule has 23 heavy (non-hydrogen) atoms. The van der Waals surface area contributed by atoms with E-state index in [0.717, 1.165) is 4.90 Å². The molecule has 0 amide bonds. The Kier molecular flexibility index (Phi) is 8.81. The van der Waals surface area contributed by atoms with Crippen molar-refractivity contribution in [1.82, 2.24) is 9.80 Å². The van der Waals surface area contributed by atoms with Gasteiger partial charge in [0.1, 0.15) is 0 Å². The van der Waals surface area contributed by atoms with Crippen molar-refractivity contribution >= 4 is 23.9 Å². The van der Waals surface area contributed by atoms with Crippen LogP contribution in [-0.4, -0.2) is 92.9 Å². The lowest BCUT2D eigenvalue weighted by Crippen LogP contribution is -2.52. The van der Waals surface area contributed by atoms with Gasteiger partial charge in [-0.15, -0.1) is 0 Å². The molecule has 4 N–H and O–H groups in total. The second-order valence-corrected chi connectivity index (χ2v) is 5.46. The molecule has 0 aliphatic rings. The number of nitrogens with zero attached hydrogens (tertiary/aromatic N) is 2. The molecule has 0 radical (unpaired) electrons. The van der Waals surface area contributed by atoms with Crippen molar-refractivity contribution in [3.63, 3.8) is 0 Å². The Labute approximate surface area is 132 Å². The zero-order chi connectivity index (χ0) is 18.2. The number of carbonyl (C=O) groups is 4. The molecule has 0 aliphatic heterocycles. The molecule has 0 aromatic carbocycles. The Balaban J connectivity index is 5.26. The molecule has 0 fully saturated rings. The van der Waals surface area contributed by atoms with Crippen LogP contribution in [0.1, 0.15) is 13.8 Å². The largest absolute Gasteiger partial charge is 0.480 e. The van der Waals surface area contributed by atoms with Crippen LogP contribution >= 0.6 is 0 Å². The molecule has 0 bridgehead atoms. The summed E-state index contributed by atoms with van der Waals surface area (Å²) in [6.07, 6.45) is 0. The standard InChI is InChI=1S/C13H22N2O8/c1-8(2)9(15(6-12(20)21)7-13(22)23)3-14(4-10(16)17)5-11(18)19/h8-9H,3-7H2,1-2H3,(H,16,17)(H,18,19)(H,20,21)(H,22,23). The molecular formula is C13H22N2O8. The van der Waals surface area contributed by atoms with Gasteiger partial charge >= 0.3 is 23.9 Å². The smallest absolute Gasteiger partial charge is 0.317 e. The van der Waals surface area contributed by atoms with E-state index in [0.29, 0.717) is 0 Å². The molecule has 0 aromatic rings. The lowest BCUT2D eigenvalue weighted by molar-refractivity contribution is -0.147. The van der Waals surface area contributed by atoms with E-state index in [1.807, 2.05) is 0 Å². The summed E-state index contributed by atoms with van der Waals surface area (Å²) in [6.45, 7) is 1.22. The lowest BCUT2D eigenvalue weighted by Gasteiger charge is -2.35.